The molecular weight excluding hydrogens is 300 g/mol. The molecule has 1 aliphatic heterocycles. The topological polar surface area (TPSA) is 73.8 Å². The van der Waals surface area contributed by atoms with E-state index in [0.717, 1.165) is 38.6 Å². The average Bonchev–Trinajstić information content (AvgIpc) is 2.48. The molecule has 1 rings (SSSR count). The van der Waals surface area contributed by atoms with Gasteiger partial charge in [0.15, 0.2) is 15.8 Å². The standard InChI is InChI=1S/C15H32N4O2S/c1-3-5-6-7-8-17-15(16-4-2)18-9-10-19-11-13-22(20,21)14-12-19/h3-14H2,1-2H3,(H2,16,17,18). The Morgan fingerprint density at radius 2 is 1.82 bits per heavy atom. The maximum absolute atomic E-state index is 11.4. The van der Waals surface area contributed by atoms with Crippen LogP contribution < -0.4 is 10.6 Å². The minimum Gasteiger partial charge on any atom is -0.357 e. The normalized spacial score (nSPS) is 19.1. The zero-order chi connectivity index (χ0) is 16.3. The quantitative estimate of drug-likeness (QED) is 0.372. The van der Waals surface area contributed by atoms with Crippen LogP contribution in [-0.2, 0) is 9.84 Å². The van der Waals surface area contributed by atoms with Crippen molar-refractivity contribution in [3.8, 4) is 0 Å². The van der Waals surface area contributed by atoms with Gasteiger partial charge < -0.3 is 10.6 Å². The lowest BCUT2D eigenvalue weighted by Crippen LogP contribution is -2.46. The van der Waals surface area contributed by atoms with Crippen molar-refractivity contribution in [2.75, 3.05) is 50.8 Å². The summed E-state index contributed by atoms with van der Waals surface area (Å²) in [7, 11) is -2.78. The molecule has 2 N–H and O–H groups in total. The van der Waals surface area contributed by atoms with Crippen LogP contribution in [0.2, 0.25) is 0 Å². The molecule has 0 aromatic carbocycles. The predicted octanol–water partition coefficient (Wildman–Crippen LogP) is 0.852. The fraction of sp³-hybridized carbons (Fsp3) is 0.933. The summed E-state index contributed by atoms with van der Waals surface area (Å²) < 4.78 is 22.8. The first-order valence-electron chi connectivity index (χ1n) is 8.52. The van der Waals surface area contributed by atoms with E-state index in [9.17, 15) is 8.42 Å². The van der Waals surface area contributed by atoms with Gasteiger partial charge in [-0.3, -0.25) is 9.89 Å². The Morgan fingerprint density at radius 3 is 2.45 bits per heavy atom. The highest BCUT2D eigenvalue weighted by molar-refractivity contribution is 7.91. The highest BCUT2D eigenvalue weighted by Crippen LogP contribution is 2.02. The van der Waals surface area contributed by atoms with Crippen molar-refractivity contribution in [2.24, 2.45) is 4.99 Å². The summed E-state index contributed by atoms with van der Waals surface area (Å²) in [5.74, 6) is 1.44. The molecule has 0 aromatic heterocycles. The number of nitrogens with one attached hydrogen (secondary N) is 2. The minimum atomic E-state index is -2.78. The molecule has 0 bridgehead atoms. The molecule has 1 fully saturated rings. The number of guanidine groups is 1. The van der Waals surface area contributed by atoms with E-state index in [4.69, 9.17) is 0 Å². The van der Waals surface area contributed by atoms with E-state index in [1.54, 1.807) is 0 Å². The summed E-state index contributed by atoms with van der Waals surface area (Å²) in [5, 5.41) is 6.58. The van der Waals surface area contributed by atoms with Crippen LogP contribution in [0.15, 0.2) is 4.99 Å². The summed E-state index contributed by atoms with van der Waals surface area (Å²) >= 11 is 0. The first-order chi connectivity index (χ1) is 10.6. The molecule has 0 spiro atoms. The zero-order valence-electron chi connectivity index (χ0n) is 14.1. The van der Waals surface area contributed by atoms with Gasteiger partial charge in [0.25, 0.3) is 0 Å². The molecule has 1 aliphatic rings. The van der Waals surface area contributed by atoms with Gasteiger partial charge in [0.2, 0.25) is 0 Å². The van der Waals surface area contributed by atoms with Crippen molar-refractivity contribution < 1.29 is 8.42 Å². The second-order valence-electron chi connectivity index (χ2n) is 5.74. The SMILES string of the molecule is CCCCCCN=C(NCC)NCCN1CCS(=O)(=O)CC1. The van der Waals surface area contributed by atoms with Crippen LogP contribution >= 0.6 is 0 Å². The van der Waals surface area contributed by atoms with Crippen molar-refractivity contribution in [1.29, 1.82) is 0 Å². The number of sulfone groups is 1. The number of unbranched alkanes of at least 4 members (excludes halogenated alkanes) is 3. The zero-order valence-corrected chi connectivity index (χ0v) is 14.9. The minimum absolute atomic E-state index is 0.290. The highest BCUT2D eigenvalue weighted by Gasteiger charge is 2.20. The van der Waals surface area contributed by atoms with Gasteiger partial charge in [0.05, 0.1) is 11.5 Å². The fourth-order valence-electron chi connectivity index (χ4n) is 2.38. The van der Waals surface area contributed by atoms with E-state index in [1.807, 2.05) is 0 Å². The average molecular weight is 333 g/mol. The van der Waals surface area contributed by atoms with Gasteiger partial charge in [-0.05, 0) is 13.3 Å². The lowest BCUT2D eigenvalue weighted by molar-refractivity contribution is 0.299. The number of nitrogens with zero attached hydrogens (tertiary/aromatic N) is 2. The lowest BCUT2D eigenvalue weighted by Gasteiger charge is -2.26. The summed E-state index contributed by atoms with van der Waals surface area (Å²) in [6.07, 6.45) is 4.89. The Hall–Kier alpha value is -0.820. The molecule has 0 saturated carbocycles. The molecule has 0 aliphatic carbocycles. The Labute approximate surface area is 135 Å². The van der Waals surface area contributed by atoms with Crippen LogP contribution in [0.1, 0.15) is 39.5 Å². The molecule has 6 nitrogen and oxygen atoms in total. The molecule has 130 valence electrons. The van der Waals surface area contributed by atoms with Crippen LogP contribution in [0.25, 0.3) is 0 Å². The third-order valence-electron chi connectivity index (χ3n) is 3.78. The monoisotopic (exact) mass is 332 g/mol. The maximum Gasteiger partial charge on any atom is 0.191 e. The van der Waals surface area contributed by atoms with Gasteiger partial charge in [-0.15, -0.1) is 0 Å². The van der Waals surface area contributed by atoms with Gasteiger partial charge in [-0.2, -0.15) is 0 Å². The Kier molecular flexibility index (Phi) is 9.47. The van der Waals surface area contributed by atoms with Crippen LogP contribution in [0, 0.1) is 0 Å². The third kappa shape index (κ3) is 8.58. The first kappa shape index (κ1) is 19.2. The van der Waals surface area contributed by atoms with Crippen molar-refractivity contribution in [3.05, 3.63) is 0 Å². The molecule has 1 saturated heterocycles. The predicted molar refractivity (Wildman–Crippen MR) is 93.2 cm³/mol. The van der Waals surface area contributed by atoms with Crippen LogP contribution in [0.5, 0.6) is 0 Å². The molecule has 0 aromatic rings. The van der Waals surface area contributed by atoms with Crippen LogP contribution in [0.4, 0.5) is 0 Å². The number of rotatable bonds is 9. The summed E-state index contributed by atoms with van der Waals surface area (Å²) in [6.45, 7) is 8.92. The molecule has 1 heterocycles. The lowest BCUT2D eigenvalue weighted by atomic mass is 10.2. The molecule has 0 radical (unpaired) electrons. The van der Waals surface area contributed by atoms with E-state index >= 15 is 0 Å². The highest BCUT2D eigenvalue weighted by atomic mass is 32.2. The Bertz CT molecular complexity index is 409. The van der Waals surface area contributed by atoms with Crippen molar-refractivity contribution >= 4 is 15.8 Å². The largest absolute Gasteiger partial charge is 0.357 e. The molecule has 0 atom stereocenters. The third-order valence-corrected chi connectivity index (χ3v) is 5.39. The second-order valence-corrected chi connectivity index (χ2v) is 8.05. The number of hydrogen-bond acceptors (Lipinski definition) is 4. The molecule has 0 unspecified atom stereocenters. The van der Waals surface area contributed by atoms with Crippen molar-refractivity contribution in [2.45, 2.75) is 39.5 Å². The van der Waals surface area contributed by atoms with E-state index in [1.165, 1.54) is 19.3 Å². The Balaban J connectivity index is 2.22. The molecule has 22 heavy (non-hydrogen) atoms. The van der Waals surface area contributed by atoms with Gasteiger partial charge in [-0.1, -0.05) is 26.2 Å². The summed E-state index contributed by atoms with van der Waals surface area (Å²) in [4.78, 5) is 6.76. The van der Waals surface area contributed by atoms with Crippen LogP contribution in [0.3, 0.4) is 0 Å². The summed E-state index contributed by atoms with van der Waals surface area (Å²) in [6, 6.07) is 0. The first-order valence-corrected chi connectivity index (χ1v) is 10.3. The van der Waals surface area contributed by atoms with E-state index in [0.29, 0.717) is 24.6 Å². The number of aliphatic imine (C=N–C) groups is 1. The molecular formula is C15H32N4O2S. The van der Waals surface area contributed by atoms with Gasteiger partial charge >= 0.3 is 0 Å². The molecule has 7 heteroatoms. The van der Waals surface area contributed by atoms with Crippen molar-refractivity contribution in [3.63, 3.8) is 0 Å². The van der Waals surface area contributed by atoms with Gasteiger partial charge in [0.1, 0.15) is 0 Å². The van der Waals surface area contributed by atoms with E-state index in [-0.39, 0.29) is 0 Å². The maximum atomic E-state index is 11.4. The van der Waals surface area contributed by atoms with E-state index < -0.39 is 9.84 Å². The van der Waals surface area contributed by atoms with Gasteiger partial charge in [-0.25, -0.2) is 8.42 Å². The number of hydrogen-bond donors (Lipinski definition) is 2. The van der Waals surface area contributed by atoms with Gasteiger partial charge in [0, 0.05) is 39.3 Å². The summed E-state index contributed by atoms with van der Waals surface area (Å²) in [5.41, 5.74) is 0. The van der Waals surface area contributed by atoms with Crippen LogP contribution in [-0.4, -0.2) is 70.1 Å². The Morgan fingerprint density at radius 1 is 1.09 bits per heavy atom. The smallest absolute Gasteiger partial charge is 0.191 e. The van der Waals surface area contributed by atoms with E-state index in [2.05, 4.69) is 34.4 Å². The fourth-order valence-corrected chi connectivity index (χ4v) is 3.65. The second kappa shape index (κ2) is 10.8. The van der Waals surface area contributed by atoms with Crippen molar-refractivity contribution in [1.82, 2.24) is 15.5 Å². The molecule has 0 amide bonds.